The number of nitrogens with one attached hydrogen (secondary N) is 5. The lowest BCUT2D eigenvalue weighted by Gasteiger charge is -2.60. The predicted molar refractivity (Wildman–Crippen MR) is 414 cm³/mol. The second-order valence-corrected chi connectivity index (χ2v) is 34.4. The van der Waals surface area contributed by atoms with Crippen LogP contribution < -0.4 is 69.6 Å². The molecule has 30 heteroatoms. The number of ether oxygens (including phenoxy) is 11. The summed E-state index contributed by atoms with van der Waals surface area (Å²) in [6.07, 6.45) is -0.448. The van der Waals surface area contributed by atoms with Crippen molar-refractivity contribution in [3.05, 3.63) is 143 Å². The van der Waals surface area contributed by atoms with Gasteiger partial charge in [-0.15, -0.1) is 23.5 Å². The van der Waals surface area contributed by atoms with E-state index in [0.717, 1.165) is 38.7 Å². The molecule has 14 aliphatic heterocycles. The van der Waals surface area contributed by atoms with Crippen molar-refractivity contribution < 1.29 is 85.9 Å². The van der Waals surface area contributed by atoms with Crippen molar-refractivity contribution in [3.63, 3.8) is 0 Å². The zero-order chi connectivity index (χ0) is 79.0. The van der Waals surface area contributed by atoms with E-state index in [1.165, 1.54) is 51.6 Å². The largest absolute Gasteiger partial charge is 0.504 e. The number of carbonyl (C=O) groups is 4. The highest BCUT2D eigenvalue weighted by atomic mass is 32.2. The van der Waals surface area contributed by atoms with Gasteiger partial charge in [0.05, 0.1) is 73.8 Å². The molecular formula is C84H84N10O18S2. The predicted octanol–water partition coefficient (Wildman–Crippen LogP) is 9.60. The average molecular weight is 1590 g/mol. The van der Waals surface area contributed by atoms with Crippen LogP contribution in [0, 0.1) is 50.4 Å². The van der Waals surface area contributed by atoms with Gasteiger partial charge in [0.25, 0.3) is 6.29 Å². The highest BCUT2D eigenvalue weighted by Crippen LogP contribution is 2.68. The number of phenols is 2. The van der Waals surface area contributed by atoms with E-state index in [1.54, 1.807) is 7.11 Å². The summed E-state index contributed by atoms with van der Waals surface area (Å²) >= 11 is 2.82. The van der Waals surface area contributed by atoms with Crippen molar-refractivity contribution in [2.45, 2.75) is 174 Å². The van der Waals surface area contributed by atoms with Crippen LogP contribution in [0.3, 0.4) is 0 Å². The van der Waals surface area contributed by atoms with Gasteiger partial charge >= 0.3 is 23.9 Å². The fourth-order valence-electron chi connectivity index (χ4n) is 21.8. The molecule has 9 N–H and O–H groups in total. The third-order valence-corrected chi connectivity index (χ3v) is 29.4. The summed E-state index contributed by atoms with van der Waals surface area (Å²) in [5.74, 6) is -0.0798. The number of aryl methyl sites for hydroxylation is 2. The van der Waals surface area contributed by atoms with Crippen LogP contribution in [-0.2, 0) is 52.6 Å². The first-order valence-electron chi connectivity index (χ1n) is 38.6. The third-order valence-electron chi connectivity index (χ3n) is 26.5. The molecule has 4 saturated heterocycles. The molecule has 3 unspecified atom stereocenters. The molecule has 22 rings (SSSR count). The number of aromatic nitrogens is 1. The van der Waals surface area contributed by atoms with Crippen LogP contribution in [0.25, 0.3) is 21.9 Å². The Morgan fingerprint density at radius 1 is 0.667 bits per heavy atom. The van der Waals surface area contributed by atoms with E-state index in [2.05, 4.69) is 48.2 Å². The molecule has 114 heavy (non-hydrogen) atoms. The van der Waals surface area contributed by atoms with Crippen molar-refractivity contribution >= 4 is 69.3 Å². The first-order valence-corrected chi connectivity index (χ1v) is 40.7. The van der Waals surface area contributed by atoms with Gasteiger partial charge in [-0.25, -0.2) is 9.59 Å². The number of hydrogen-bond donors (Lipinski definition) is 8. The van der Waals surface area contributed by atoms with Gasteiger partial charge in [0.2, 0.25) is 6.79 Å². The fraction of sp³-hybridized carbons (Fsp3) is 0.452. The van der Waals surface area contributed by atoms with Gasteiger partial charge in [0.1, 0.15) is 53.9 Å². The van der Waals surface area contributed by atoms with Gasteiger partial charge in [-0.2, -0.15) is 10.5 Å². The maximum atomic E-state index is 16.1. The van der Waals surface area contributed by atoms with Crippen LogP contribution in [0.4, 0.5) is 0 Å². The molecule has 2 aromatic heterocycles. The second kappa shape index (κ2) is 26.2. The van der Waals surface area contributed by atoms with Crippen molar-refractivity contribution in [3.8, 4) is 75.4 Å². The molecule has 8 bridgehead atoms. The number of nitrogens with zero attached hydrogens (tertiary/aromatic N) is 4. The Bertz CT molecular complexity index is 5680. The molecule has 2 spiro atoms. The molecule has 0 amide bonds. The minimum absolute atomic E-state index is 0.00612. The average Bonchev–Trinajstić information content (AvgIpc) is 0.926. The lowest BCUT2D eigenvalue weighted by molar-refractivity contribution is -0.157. The number of nitriles is 2. The highest BCUT2D eigenvalue weighted by molar-refractivity contribution is 7.99. The lowest BCUT2D eigenvalue weighted by Crippen LogP contribution is -2.70. The maximum absolute atomic E-state index is 16.1. The van der Waals surface area contributed by atoms with E-state index in [0.29, 0.717) is 114 Å². The van der Waals surface area contributed by atoms with Crippen LogP contribution in [0.5, 0.6) is 63.2 Å². The highest BCUT2D eigenvalue weighted by Gasteiger charge is 2.65. The Hall–Kier alpha value is -10.1. The normalized spacial score (nSPS) is 30.9. The number of fused-ring (bicyclic) bond motifs is 22. The number of methoxy groups -OCH3 is 3. The van der Waals surface area contributed by atoms with Crippen LogP contribution in [0.15, 0.2) is 52.9 Å². The standard InChI is InChI=1S/C84H84N10O18S2/c1-31-19-43-33(3)60-48(24-86)93-50-26-105-82(100)84(29-114-76(64(93)62(90-60)54(43)66(97)68(31)102-10)58-56(50)74-72(106-30-107-74)35(5)70(58)108-37(7)95)79-41(17-18-88-84)53-42(13-12-14-52(53)110-79)80-111-73-36(6)71(109-38(8)96)59-57(75(73)112-80)51-27-104-81(99)83(78-46(21-39(23-85)92-83)45-22-40(101-9)15-16-47(45)89-78)28-113-77(59)65-63-55-44(20-32(2)69(103-11)67(55)98)34(4)61(91-63)49(25-87)94(51)65/h12-16,19-20,22,33-34,39,48-51,60-65,76-77,80,88-92,97-98H,17-18,21,23,26-30,85H2,1-11H3/t33?,34?,39-,48+,49+,50+,51+,60+,61+,62-,63-,64-,65-,76-,77-,80?,83-,84-/m1/s1. The van der Waals surface area contributed by atoms with Gasteiger partial charge in [-0.05, 0) is 104 Å². The van der Waals surface area contributed by atoms with E-state index < -0.39 is 118 Å². The molecule has 4 fully saturated rings. The second-order valence-electron chi connectivity index (χ2n) is 32.1. The van der Waals surface area contributed by atoms with E-state index in [-0.39, 0.29) is 96.7 Å². The summed E-state index contributed by atoms with van der Waals surface area (Å²) in [4.78, 5) is 67.8. The molecule has 14 aliphatic rings. The summed E-state index contributed by atoms with van der Waals surface area (Å²) in [6, 6.07) is 12.6. The van der Waals surface area contributed by atoms with Crippen LogP contribution in [-0.4, -0.2) is 157 Å². The lowest BCUT2D eigenvalue weighted by atomic mass is 9.69. The van der Waals surface area contributed by atoms with Gasteiger partial charge < -0.3 is 88.1 Å². The Morgan fingerprint density at radius 2 is 1.23 bits per heavy atom. The number of aromatic hydroxyl groups is 2. The molecule has 0 radical (unpaired) electrons. The van der Waals surface area contributed by atoms with Crippen molar-refractivity contribution in [2.75, 3.05) is 65.9 Å². The van der Waals surface area contributed by atoms with E-state index in [1.807, 2.05) is 90.1 Å². The van der Waals surface area contributed by atoms with Crippen molar-refractivity contribution in [1.82, 2.24) is 36.1 Å². The Morgan fingerprint density at radius 3 is 1.80 bits per heavy atom. The van der Waals surface area contributed by atoms with Crippen LogP contribution >= 0.6 is 23.5 Å². The quantitative estimate of drug-likeness (QED) is 0.0543. The fourth-order valence-corrected chi connectivity index (χ4v) is 25.1. The zero-order valence-corrected chi connectivity index (χ0v) is 66.0. The van der Waals surface area contributed by atoms with Gasteiger partial charge in [0, 0.05) is 141 Å². The number of aromatic amines is 1. The minimum Gasteiger partial charge on any atom is -0.504 e. The van der Waals surface area contributed by atoms with E-state index >= 15 is 9.59 Å². The number of carbonyl (C=O) groups excluding carboxylic acids is 4. The number of furan rings is 1. The van der Waals surface area contributed by atoms with Gasteiger partial charge in [-0.3, -0.25) is 30.0 Å². The zero-order valence-electron chi connectivity index (χ0n) is 64.3. The first-order chi connectivity index (χ1) is 55.0. The smallest absolute Gasteiger partial charge is 0.335 e. The molecular weight excluding hydrogens is 1500 g/mol. The summed E-state index contributed by atoms with van der Waals surface area (Å²) in [5, 5.41) is 63.9. The topological polar surface area (TPSA) is 367 Å². The van der Waals surface area contributed by atoms with Gasteiger partial charge in [0.15, 0.2) is 57.1 Å². The Kier molecular flexibility index (Phi) is 16.7. The molecule has 0 aliphatic carbocycles. The SMILES string of the molecule is COc1ccc2[nH]c3c(c2c1)C[C@H](CN)N[C@]31CS[C@@H]2c3c(OC(C)=O)c(C)c4c(c3[C@H](COC1=O)N1[C@@H]2[C@@H]2N[C@@H](C(C)c3cc(C)c(OC)c(O)c32)[C@@H]1C#N)OC(c1cccc2oc3c(c12)CCN[C@]31CS[C@@H]2c3c(OC(C)=O)c(C)c5c(c3[C@H](COC1=O)N1[C@@H]2[C@@H]2N[C@@H](C(C)c3cc(C)c(OC)c(O)c32)[C@@H]1C#N)OCO5)O4. The van der Waals surface area contributed by atoms with E-state index in [9.17, 15) is 30.3 Å². The number of thioether (sulfide) groups is 2. The summed E-state index contributed by atoms with van der Waals surface area (Å²) < 4.78 is 79.0. The molecule has 28 nitrogen and oxygen atoms in total. The minimum atomic E-state index is -1.73. The van der Waals surface area contributed by atoms with Crippen LogP contribution in [0.2, 0.25) is 0 Å². The number of rotatable bonds is 7. The Balaban J connectivity index is 0.741. The number of piperazine rings is 2. The molecule has 590 valence electrons. The van der Waals surface area contributed by atoms with Crippen LogP contribution in [0.1, 0.15) is 175 Å². The first kappa shape index (κ1) is 72.8. The molecule has 8 aromatic rings. The van der Waals surface area contributed by atoms with E-state index in [4.69, 9.17) is 62.3 Å². The number of nitrogens with two attached hydrogens (primary N) is 1. The number of esters is 4. The molecule has 16 heterocycles. The van der Waals surface area contributed by atoms with Crippen molar-refractivity contribution in [2.24, 2.45) is 5.73 Å². The summed E-state index contributed by atoms with van der Waals surface area (Å²) in [5.41, 5.74) is 14.6. The molecule has 18 atom stereocenters. The number of benzene rings is 6. The summed E-state index contributed by atoms with van der Waals surface area (Å²) in [7, 11) is 4.64. The monoisotopic (exact) mass is 1580 g/mol. The molecule has 6 aromatic carbocycles. The number of hydrogen-bond acceptors (Lipinski definition) is 29. The maximum Gasteiger partial charge on any atom is 0.335 e. The van der Waals surface area contributed by atoms with Gasteiger partial charge in [-0.1, -0.05) is 38.1 Å². The number of phenolic OH excluding ortho intramolecular Hbond substituents is 2. The third kappa shape index (κ3) is 9.82. The van der Waals surface area contributed by atoms with Crippen molar-refractivity contribution in [1.29, 1.82) is 10.5 Å². The summed E-state index contributed by atoms with van der Waals surface area (Å²) in [6.45, 7) is 13.7. The molecule has 0 saturated carbocycles. The Labute approximate surface area is 663 Å². The number of H-pyrrole nitrogens is 1.